The number of esters is 2. The van der Waals surface area contributed by atoms with Crippen molar-refractivity contribution in [1.29, 1.82) is 0 Å². The second kappa shape index (κ2) is 21.4. The Kier molecular flexibility index (Phi) is 14.7. The standard InChI is InChI=1S/C57H53N7O7S2/c1-55(2,3)70-53(68)56(4,5)71-62-45(44-37-73-54(59-44)61-57(41-27-15-8-16-28-41,42-29-17-9-18-30-42)43-31-19-10-20-32-43)49(65)60-46-50(66)64-47(40(36-72-51(46)64)35-63-34-22-21-33-58-63)52(67)69-48(38-23-11-6-12-24-38)39-25-13-7-14-26-39/h6-34,37,46,48,51H,35-36H2,1-5H3,(H-,59,60,61,65)/p+1/b62-45-/t46-,51-/m1/s1. The number of β-lactam (4-membered cyclic amide) rings is 1. The van der Waals surface area contributed by atoms with Gasteiger partial charge in [-0.25, -0.2) is 14.6 Å². The summed E-state index contributed by atoms with van der Waals surface area (Å²) in [6.07, 6.45) is 2.64. The van der Waals surface area contributed by atoms with Crippen LogP contribution in [0.15, 0.2) is 198 Å². The summed E-state index contributed by atoms with van der Waals surface area (Å²) in [7, 11) is 0. The Hall–Kier alpha value is -7.95. The Morgan fingerprint density at radius 3 is 1.84 bits per heavy atom. The number of benzene rings is 5. The largest absolute Gasteiger partial charge is 0.457 e. The lowest BCUT2D eigenvalue weighted by atomic mass is 9.77. The fraction of sp³-hybridized carbons (Fsp3) is 0.228. The first-order valence-corrected chi connectivity index (χ1v) is 25.6. The topological polar surface area (TPSA) is 165 Å². The van der Waals surface area contributed by atoms with Crippen LogP contribution in [0.5, 0.6) is 0 Å². The molecule has 16 heteroatoms. The first kappa shape index (κ1) is 50.0. The number of hydrogen-bond donors (Lipinski definition) is 2. The summed E-state index contributed by atoms with van der Waals surface area (Å²) in [5, 5.41) is 16.8. The SMILES string of the molecule is CC(C)(C)OC(=O)C(C)(C)O/N=C(\C(=O)N[C@@H]1C(=O)N2C(C(=O)OC(c3ccccc3)c3ccccc3)=C(C[n+]3ccccn3)CS[C@H]12)c1csc(NC(c2ccccc2)(c2ccccc2)c2ccccc2)n1. The van der Waals surface area contributed by atoms with Crippen molar-refractivity contribution >= 4 is 57.7 Å². The highest BCUT2D eigenvalue weighted by Crippen LogP contribution is 2.43. The van der Waals surface area contributed by atoms with E-state index >= 15 is 0 Å². The average molecular weight is 1010 g/mol. The van der Waals surface area contributed by atoms with Gasteiger partial charge in [0.25, 0.3) is 11.8 Å². The Morgan fingerprint density at radius 2 is 1.32 bits per heavy atom. The lowest BCUT2D eigenvalue weighted by Crippen LogP contribution is -2.71. The first-order chi connectivity index (χ1) is 35.2. The molecule has 4 heterocycles. The third-order valence-corrected chi connectivity index (χ3v) is 14.2. The molecule has 0 radical (unpaired) electrons. The molecule has 2 aromatic heterocycles. The number of carbonyl (C=O) groups excluding carboxylic acids is 4. The van der Waals surface area contributed by atoms with E-state index in [1.165, 1.54) is 41.8 Å². The third-order valence-electron chi connectivity index (χ3n) is 12.1. The van der Waals surface area contributed by atoms with Crippen molar-refractivity contribution < 1.29 is 38.2 Å². The van der Waals surface area contributed by atoms with Crippen molar-refractivity contribution in [1.82, 2.24) is 20.3 Å². The van der Waals surface area contributed by atoms with E-state index in [4.69, 9.17) is 19.3 Å². The molecule has 1 saturated heterocycles. The lowest BCUT2D eigenvalue weighted by Gasteiger charge is -2.49. The first-order valence-electron chi connectivity index (χ1n) is 23.7. The Morgan fingerprint density at radius 1 is 0.767 bits per heavy atom. The van der Waals surface area contributed by atoms with Gasteiger partial charge >= 0.3 is 11.9 Å². The Bertz CT molecular complexity index is 3000. The zero-order valence-corrected chi connectivity index (χ0v) is 42.5. The zero-order valence-electron chi connectivity index (χ0n) is 40.9. The fourth-order valence-electron chi connectivity index (χ4n) is 8.58. The van der Waals surface area contributed by atoms with Crippen LogP contribution in [0.4, 0.5) is 5.13 Å². The van der Waals surface area contributed by atoms with Gasteiger partial charge in [0.2, 0.25) is 5.60 Å². The van der Waals surface area contributed by atoms with Gasteiger partial charge in [-0.3, -0.25) is 14.5 Å². The number of anilines is 1. The van der Waals surface area contributed by atoms with E-state index in [9.17, 15) is 19.2 Å². The number of hydrogen-bond acceptors (Lipinski definition) is 13. The van der Waals surface area contributed by atoms with Crippen molar-refractivity contribution in [2.75, 3.05) is 11.1 Å². The summed E-state index contributed by atoms with van der Waals surface area (Å²) in [4.78, 5) is 69.8. The predicted octanol–water partition coefficient (Wildman–Crippen LogP) is 8.76. The van der Waals surface area contributed by atoms with Crippen molar-refractivity contribution in [3.8, 4) is 0 Å². The molecule has 370 valence electrons. The van der Waals surface area contributed by atoms with E-state index in [-0.39, 0.29) is 23.6 Å². The molecule has 0 spiro atoms. The quantitative estimate of drug-likeness (QED) is 0.0224. The fourth-order valence-corrected chi connectivity index (χ4v) is 10.7. The smallest absolute Gasteiger partial charge is 0.356 e. The maximum atomic E-state index is 14.8. The van der Waals surface area contributed by atoms with Crippen LogP contribution in [-0.2, 0) is 45.6 Å². The molecule has 73 heavy (non-hydrogen) atoms. The second-order valence-electron chi connectivity index (χ2n) is 18.9. The molecular formula is C57H54N7O7S2+. The number of fused-ring (bicyclic) bond motifs is 1. The number of thiazole rings is 1. The normalized spacial score (nSPS) is 16.0. The van der Waals surface area contributed by atoms with E-state index < -0.39 is 58.0 Å². The number of aromatic nitrogens is 3. The second-order valence-corrected chi connectivity index (χ2v) is 20.8. The minimum Gasteiger partial charge on any atom is -0.457 e. The number of thioether (sulfide) groups is 1. The highest BCUT2D eigenvalue weighted by atomic mass is 32.2. The molecule has 2 amide bonds. The van der Waals surface area contributed by atoms with Crippen LogP contribution in [0.3, 0.4) is 0 Å². The summed E-state index contributed by atoms with van der Waals surface area (Å²) in [5.74, 6) is -2.43. The summed E-state index contributed by atoms with van der Waals surface area (Å²) < 4.78 is 13.7. The summed E-state index contributed by atoms with van der Waals surface area (Å²) in [6, 6.07) is 51.3. The maximum Gasteiger partial charge on any atom is 0.356 e. The van der Waals surface area contributed by atoms with Crippen molar-refractivity contribution in [3.63, 3.8) is 0 Å². The van der Waals surface area contributed by atoms with Gasteiger partial charge in [-0.05, 0) is 73.6 Å². The number of oxime groups is 1. The van der Waals surface area contributed by atoms with Crippen LogP contribution in [0.1, 0.15) is 74.2 Å². The predicted molar refractivity (Wildman–Crippen MR) is 280 cm³/mol. The molecule has 2 atom stereocenters. The van der Waals surface area contributed by atoms with Crippen molar-refractivity contribution in [2.45, 2.75) is 75.4 Å². The lowest BCUT2D eigenvalue weighted by molar-refractivity contribution is -0.746. The molecule has 0 bridgehead atoms. The van der Waals surface area contributed by atoms with E-state index in [1.54, 1.807) is 49.3 Å². The van der Waals surface area contributed by atoms with Gasteiger partial charge in [0.15, 0.2) is 29.7 Å². The van der Waals surface area contributed by atoms with Gasteiger partial charge in [-0.1, -0.05) is 161 Å². The van der Waals surface area contributed by atoms with E-state index in [0.29, 0.717) is 16.5 Å². The van der Waals surface area contributed by atoms with E-state index in [0.717, 1.165) is 27.8 Å². The van der Waals surface area contributed by atoms with Gasteiger partial charge in [0.1, 0.15) is 33.9 Å². The van der Waals surface area contributed by atoms with Crippen LogP contribution in [0.25, 0.3) is 0 Å². The molecule has 0 unspecified atom stereocenters. The molecule has 1 fully saturated rings. The number of nitrogens with one attached hydrogen (secondary N) is 2. The molecule has 5 aromatic carbocycles. The highest BCUT2D eigenvalue weighted by molar-refractivity contribution is 8.00. The van der Waals surface area contributed by atoms with Crippen LogP contribution >= 0.6 is 23.1 Å². The average Bonchev–Trinajstić information content (AvgIpc) is 3.87. The van der Waals surface area contributed by atoms with Gasteiger partial charge in [-0.2, -0.15) is 0 Å². The molecule has 2 aliphatic rings. The monoisotopic (exact) mass is 1010 g/mol. The van der Waals surface area contributed by atoms with Gasteiger partial charge < -0.3 is 24.9 Å². The minimum absolute atomic E-state index is 0.0829. The summed E-state index contributed by atoms with van der Waals surface area (Å²) in [5.41, 5.74) is 1.38. The summed E-state index contributed by atoms with van der Waals surface area (Å²) in [6.45, 7) is 8.39. The summed E-state index contributed by atoms with van der Waals surface area (Å²) >= 11 is 2.64. The molecule has 14 nitrogen and oxygen atoms in total. The molecular weight excluding hydrogens is 959 g/mol. The highest BCUT2D eigenvalue weighted by Gasteiger charge is 2.55. The molecule has 9 rings (SSSR count). The number of amides is 2. The van der Waals surface area contributed by atoms with Crippen molar-refractivity contribution in [3.05, 3.63) is 226 Å². The van der Waals surface area contributed by atoms with Crippen LogP contribution < -0.4 is 15.3 Å². The van der Waals surface area contributed by atoms with Crippen LogP contribution in [-0.4, -0.2) is 72.8 Å². The van der Waals surface area contributed by atoms with E-state index in [2.05, 4.69) is 20.9 Å². The maximum absolute atomic E-state index is 14.8. The van der Waals surface area contributed by atoms with Gasteiger partial charge in [0, 0.05) is 22.8 Å². The molecule has 0 saturated carbocycles. The van der Waals surface area contributed by atoms with Crippen molar-refractivity contribution in [2.24, 2.45) is 5.16 Å². The molecule has 2 N–H and O–H groups in total. The number of rotatable bonds is 17. The molecule has 2 aliphatic heterocycles. The van der Waals surface area contributed by atoms with Gasteiger partial charge in [0.05, 0.1) is 6.20 Å². The zero-order chi connectivity index (χ0) is 51.2. The van der Waals surface area contributed by atoms with Crippen LogP contribution in [0, 0.1) is 0 Å². The van der Waals surface area contributed by atoms with Crippen LogP contribution in [0.2, 0.25) is 0 Å². The van der Waals surface area contributed by atoms with Gasteiger partial charge in [-0.15, -0.1) is 23.1 Å². The molecule has 7 aromatic rings. The number of nitrogens with zero attached hydrogens (tertiary/aromatic N) is 5. The molecule has 0 aliphatic carbocycles. The Labute approximate surface area is 432 Å². The van der Waals surface area contributed by atoms with E-state index in [1.807, 2.05) is 158 Å². The minimum atomic E-state index is -1.65. The third kappa shape index (κ3) is 11.0. The number of ether oxygens (including phenoxy) is 2. The number of carbonyl (C=O) groups is 4. The Balaban J connectivity index is 1.05.